The SMILES string of the molecule is CC[C@H](NC(=O)c1csc(N2CC(O)C2)n1)C(O[Si](C)C)C(C)(C)C. The van der Waals surface area contributed by atoms with Gasteiger partial charge in [-0.05, 0) is 24.9 Å². The highest BCUT2D eigenvalue weighted by molar-refractivity contribution is 7.14. The normalized spacial score (nSPS) is 18.2. The molecule has 1 unspecified atom stereocenters. The zero-order valence-corrected chi connectivity index (χ0v) is 17.8. The molecule has 6 nitrogen and oxygen atoms in total. The molecule has 1 aliphatic heterocycles. The first kappa shape index (κ1) is 20.4. The summed E-state index contributed by atoms with van der Waals surface area (Å²) in [6.07, 6.45) is 0.487. The second-order valence-corrected chi connectivity index (χ2v) is 10.8. The van der Waals surface area contributed by atoms with Gasteiger partial charge in [0.1, 0.15) is 5.69 Å². The minimum Gasteiger partial charge on any atom is -0.412 e. The number of hydrogen-bond donors (Lipinski definition) is 2. The zero-order valence-electron chi connectivity index (χ0n) is 16.0. The molecule has 141 valence electrons. The topological polar surface area (TPSA) is 74.7 Å². The van der Waals surface area contributed by atoms with Crippen LogP contribution in [-0.2, 0) is 4.43 Å². The average Bonchev–Trinajstić information content (AvgIpc) is 2.95. The summed E-state index contributed by atoms with van der Waals surface area (Å²) in [6, 6.07) is -0.0524. The standard InChI is InChI=1S/C17H30N3O3SSi/c1-7-12(14(17(2,3)4)23-25(5)6)18-15(22)13-10-24-16(19-13)20-8-11(21)9-20/h10-12,14,21H,7-9H2,1-6H3,(H,18,22)/t12-,14?/m0/s1. The van der Waals surface area contributed by atoms with E-state index in [1.54, 1.807) is 5.38 Å². The van der Waals surface area contributed by atoms with Crippen LogP contribution < -0.4 is 10.2 Å². The lowest BCUT2D eigenvalue weighted by molar-refractivity contribution is 0.0451. The fraction of sp³-hybridized carbons (Fsp3) is 0.765. The molecule has 1 fully saturated rings. The Hall–Kier alpha value is -0.963. The Kier molecular flexibility index (Phi) is 6.64. The van der Waals surface area contributed by atoms with Crippen LogP contribution in [0, 0.1) is 5.41 Å². The van der Waals surface area contributed by atoms with Gasteiger partial charge in [-0.25, -0.2) is 4.98 Å². The highest BCUT2D eigenvalue weighted by atomic mass is 32.1. The minimum absolute atomic E-state index is 0.0334. The number of nitrogens with zero attached hydrogens (tertiary/aromatic N) is 2. The molecule has 2 atom stereocenters. The van der Waals surface area contributed by atoms with E-state index in [0.29, 0.717) is 18.8 Å². The lowest BCUT2D eigenvalue weighted by Gasteiger charge is -2.38. The molecule has 2 N–H and O–H groups in total. The van der Waals surface area contributed by atoms with Gasteiger partial charge in [0.15, 0.2) is 5.13 Å². The molecule has 0 aromatic carbocycles. The summed E-state index contributed by atoms with van der Waals surface area (Å²) in [5.74, 6) is -0.158. The van der Waals surface area contributed by atoms with Gasteiger partial charge >= 0.3 is 0 Å². The number of carbonyl (C=O) groups is 1. The van der Waals surface area contributed by atoms with Gasteiger partial charge in [0.2, 0.25) is 9.04 Å². The summed E-state index contributed by atoms with van der Waals surface area (Å²) < 4.78 is 6.22. The van der Waals surface area contributed by atoms with E-state index in [0.717, 1.165) is 11.6 Å². The molecule has 1 radical (unpaired) electrons. The van der Waals surface area contributed by atoms with E-state index in [-0.39, 0.29) is 29.6 Å². The number of rotatable bonds is 7. The van der Waals surface area contributed by atoms with Gasteiger partial charge in [0.05, 0.1) is 18.2 Å². The average molecular weight is 385 g/mol. The Labute approximate surface area is 156 Å². The van der Waals surface area contributed by atoms with E-state index in [1.807, 2.05) is 4.90 Å². The largest absolute Gasteiger partial charge is 0.412 e. The maximum absolute atomic E-state index is 12.7. The van der Waals surface area contributed by atoms with Crippen LogP contribution in [0.15, 0.2) is 5.38 Å². The molecule has 1 aliphatic rings. The number of hydrogen-bond acceptors (Lipinski definition) is 6. The number of aromatic nitrogens is 1. The molecule has 1 aromatic heterocycles. The summed E-state index contributed by atoms with van der Waals surface area (Å²) in [5.41, 5.74) is 0.378. The van der Waals surface area contributed by atoms with E-state index in [9.17, 15) is 9.90 Å². The van der Waals surface area contributed by atoms with Crippen molar-refractivity contribution in [3.05, 3.63) is 11.1 Å². The third-order valence-electron chi connectivity index (χ3n) is 4.20. The van der Waals surface area contributed by atoms with Gasteiger partial charge in [-0.2, -0.15) is 0 Å². The minimum atomic E-state index is -0.873. The van der Waals surface area contributed by atoms with Crippen LogP contribution in [0.2, 0.25) is 13.1 Å². The molecule has 1 aromatic rings. The van der Waals surface area contributed by atoms with Crippen molar-refractivity contribution in [2.24, 2.45) is 5.41 Å². The molecule has 2 rings (SSSR count). The Bertz CT molecular complexity index is 582. The summed E-state index contributed by atoms with van der Waals surface area (Å²) in [7, 11) is -0.873. The molecule has 0 aliphatic carbocycles. The van der Waals surface area contributed by atoms with Gasteiger partial charge in [0, 0.05) is 18.5 Å². The maximum atomic E-state index is 12.7. The summed E-state index contributed by atoms with van der Waals surface area (Å²) in [4.78, 5) is 19.1. The van der Waals surface area contributed by atoms with E-state index in [2.05, 4.69) is 51.1 Å². The van der Waals surface area contributed by atoms with Crippen molar-refractivity contribution in [3.63, 3.8) is 0 Å². The Balaban J connectivity index is 2.05. The third kappa shape index (κ3) is 5.26. The molecule has 0 saturated carbocycles. The number of thiazole rings is 1. The lowest BCUT2D eigenvalue weighted by Crippen LogP contribution is -2.51. The van der Waals surface area contributed by atoms with Crippen molar-refractivity contribution in [2.45, 2.75) is 65.5 Å². The molecule has 0 spiro atoms. The van der Waals surface area contributed by atoms with E-state index >= 15 is 0 Å². The highest BCUT2D eigenvalue weighted by Crippen LogP contribution is 2.28. The smallest absolute Gasteiger partial charge is 0.271 e. The van der Waals surface area contributed by atoms with Gasteiger partial charge < -0.3 is 19.7 Å². The van der Waals surface area contributed by atoms with Gasteiger partial charge in [-0.1, -0.05) is 27.7 Å². The number of carbonyl (C=O) groups excluding carboxylic acids is 1. The quantitative estimate of drug-likeness (QED) is 0.707. The third-order valence-corrected chi connectivity index (χ3v) is 5.82. The summed E-state index contributed by atoms with van der Waals surface area (Å²) in [6.45, 7) is 13.9. The molecule has 2 heterocycles. The highest BCUT2D eigenvalue weighted by Gasteiger charge is 2.34. The number of β-amino-alcohol motifs (C(OH)–C–C–N with tert-alkyl or cyclic N) is 1. The van der Waals surface area contributed by atoms with Crippen LogP contribution in [0.25, 0.3) is 0 Å². The van der Waals surface area contributed by atoms with E-state index in [1.165, 1.54) is 11.3 Å². The van der Waals surface area contributed by atoms with E-state index < -0.39 is 9.04 Å². The maximum Gasteiger partial charge on any atom is 0.271 e. The predicted octanol–water partition coefficient (Wildman–Crippen LogP) is 2.51. The van der Waals surface area contributed by atoms with Crippen LogP contribution in [-0.4, -0.2) is 56.4 Å². The Morgan fingerprint density at radius 1 is 1.52 bits per heavy atom. The Morgan fingerprint density at radius 2 is 2.16 bits per heavy atom. The number of amides is 1. The van der Waals surface area contributed by atoms with Crippen molar-refractivity contribution in [3.8, 4) is 0 Å². The first-order valence-electron chi connectivity index (χ1n) is 8.78. The summed E-state index contributed by atoms with van der Waals surface area (Å²) in [5, 5.41) is 15.1. The molecule has 8 heteroatoms. The number of aliphatic hydroxyl groups excluding tert-OH is 1. The van der Waals surface area contributed by atoms with Crippen molar-refractivity contribution in [1.29, 1.82) is 0 Å². The van der Waals surface area contributed by atoms with Gasteiger partial charge in [0.25, 0.3) is 5.91 Å². The second kappa shape index (κ2) is 8.16. The molecule has 25 heavy (non-hydrogen) atoms. The number of nitrogens with one attached hydrogen (secondary N) is 1. The van der Waals surface area contributed by atoms with Crippen molar-refractivity contribution < 1.29 is 14.3 Å². The fourth-order valence-electron chi connectivity index (χ4n) is 2.88. The monoisotopic (exact) mass is 384 g/mol. The fourth-order valence-corrected chi connectivity index (χ4v) is 4.73. The number of anilines is 1. The van der Waals surface area contributed by atoms with Gasteiger partial charge in [-0.3, -0.25) is 4.79 Å². The summed E-state index contributed by atoms with van der Waals surface area (Å²) >= 11 is 1.44. The first-order valence-corrected chi connectivity index (χ1v) is 12.1. The van der Waals surface area contributed by atoms with Crippen LogP contribution in [0.5, 0.6) is 0 Å². The van der Waals surface area contributed by atoms with Crippen LogP contribution in [0.1, 0.15) is 44.6 Å². The van der Waals surface area contributed by atoms with Crippen molar-refractivity contribution in [2.75, 3.05) is 18.0 Å². The lowest BCUT2D eigenvalue weighted by atomic mass is 9.83. The molecule has 1 amide bonds. The van der Waals surface area contributed by atoms with Crippen LogP contribution in [0.3, 0.4) is 0 Å². The van der Waals surface area contributed by atoms with Crippen LogP contribution >= 0.6 is 11.3 Å². The molecule has 1 saturated heterocycles. The Morgan fingerprint density at radius 3 is 2.64 bits per heavy atom. The first-order chi connectivity index (χ1) is 11.6. The molecule has 0 bridgehead atoms. The zero-order chi connectivity index (χ0) is 18.8. The molecular formula is C17H30N3O3SSi. The van der Waals surface area contributed by atoms with Crippen molar-refractivity contribution in [1.82, 2.24) is 10.3 Å². The van der Waals surface area contributed by atoms with Crippen molar-refractivity contribution >= 4 is 31.4 Å². The second-order valence-electron chi connectivity index (χ2n) is 7.88. The van der Waals surface area contributed by atoms with E-state index in [4.69, 9.17) is 4.43 Å². The van der Waals surface area contributed by atoms with Gasteiger partial charge in [-0.15, -0.1) is 11.3 Å². The molecular weight excluding hydrogens is 354 g/mol. The number of aliphatic hydroxyl groups is 1. The van der Waals surface area contributed by atoms with Crippen LogP contribution in [0.4, 0.5) is 5.13 Å². The predicted molar refractivity (Wildman–Crippen MR) is 104 cm³/mol.